The molecule has 1 heterocycles. The second kappa shape index (κ2) is 10.5. The van der Waals surface area contributed by atoms with Crippen molar-refractivity contribution in [3.63, 3.8) is 0 Å². The van der Waals surface area contributed by atoms with Crippen LogP contribution in [0.1, 0.15) is 69.5 Å². The van der Waals surface area contributed by atoms with E-state index in [2.05, 4.69) is 6.92 Å². The first kappa shape index (κ1) is 22.9. The molecule has 1 aromatic heterocycles. The molecule has 162 valence electrons. The first-order valence-electron chi connectivity index (χ1n) is 11.1. The van der Waals surface area contributed by atoms with Crippen molar-refractivity contribution in [2.75, 3.05) is 0 Å². The SMILES string of the molecule is CCCCCCCCCCc1cc2c(Cl)cccc2n1S(=O)(=O)c1ccc(C)cc1. The van der Waals surface area contributed by atoms with Gasteiger partial charge in [-0.3, -0.25) is 0 Å². The van der Waals surface area contributed by atoms with Crippen molar-refractivity contribution in [2.45, 2.75) is 76.5 Å². The minimum absolute atomic E-state index is 0.308. The van der Waals surface area contributed by atoms with Crippen molar-refractivity contribution >= 4 is 32.5 Å². The van der Waals surface area contributed by atoms with Crippen LogP contribution in [0.3, 0.4) is 0 Å². The van der Waals surface area contributed by atoms with Crippen molar-refractivity contribution in [3.05, 3.63) is 64.8 Å². The number of hydrogen-bond donors (Lipinski definition) is 0. The predicted molar refractivity (Wildman–Crippen MR) is 127 cm³/mol. The van der Waals surface area contributed by atoms with Gasteiger partial charge in [-0.15, -0.1) is 0 Å². The molecule has 0 spiro atoms. The molecule has 3 aromatic rings. The number of rotatable bonds is 11. The molecule has 3 nitrogen and oxygen atoms in total. The number of halogens is 1. The number of fused-ring (bicyclic) bond motifs is 1. The summed E-state index contributed by atoms with van der Waals surface area (Å²) in [5.41, 5.74) is 2.50. The summed E-state index contributed by atoms with van der Waals surface area (Å²) in [6.07, 6.45) is 10.5. The molecular weight excluding hydrogens is 414 g/mol. The summed E-state index contributed by atoms with van der Waals surface area (Å²) in [4.78, 5) is 0.308. The third-order valence-corrected chi connectivity index (χ3v) is 7.78. The Morgan fingerprint density at radius 2 is 1.50 bits per heavy atom. The standard InChI is InChI=1S/C25H32ClNO2S/c1-3-4-5-6-7-8-9-10-12-21-19-23-24(26)13-11-14-25(23)27(21)30(28,29)22-17-15-20(2)16-18-22/h11,13-19H,3-10,12H2,1-2H3. The Morgan fingerprint density at radius 1 is 0.867 bits per heavy atom. The fourth-order valence-corrected chi connectivity index (χ4v) is 5.72. The van der Waals surface area contributed by atoms with Gasteiger partial charge in [0.25, 0.3) is 10.0 Å². The molecule has 0 saturated carbocycles. The minimum Gasteiger partial charge on any atom is -0.238 e. The van der Waals surface area contributed by atoms with Crippen molar-refractivity contribution in [2.24, 2.45) is 0 Å². The van der Waals surface area contributed by atoms with Crippen LogP contribution in [0.25, 0.3) is 10.9 Å². The predicted octanol–water partition coefficient (Wildman–Crippen LogP) is 7.52. The van der Waals surface area contributed by atoms with Crippen LogP contribution >= 0.6 is 11.6 Å². The van der Waals surface area contributed by atoms with Gasteiger partial charge in [-0.2, -0.15) is 0 Å². The zero-order chi connectivity index (χ0) is 21.6. The maximum absolute atomic E-state index is 13.5. The monoisotopic (exact) mass is 445 g/mol. The highest BCUT2D eigenvalue weighted by Crippen LogP contribution is 2.31. The highest BCUT2D eigenvalue weighted by Gasteiger charge is 2.23. The molecule has 0 aliphatic rings. The molecule has 0 unspecified atom stereocenters. The normalized spacial score (nSPS) is 12.0. The van der Waals surface area contributed by atoms with Gasteiger partial charge in [-0.25, -0.2) is 12.4 Å². The van der Waals surface area contributed by atoms with Crippen molar-refractivity contribution in [1.82, 2.24) is 3.97 Å². The summed E-state index contributed by atoms with van der Waals surface area (Å²) in [6.45, 7) is 4.19. The summed E-state index contributed by atoms with van der Waals surface area (Å²) in [5.74, 6) is 0. The lowest BCUT2D eigenvalue weighted by Crippen LogP contribution is -2.15. The molecule has 0 N–H and O–H groups in total. The van der Waals surface area contributed by atoms with E-state index in [1.54, 1.807) is 12.1 Å². The largest absolute Gasteiger partial charge is 0.268 e. The molecular formula is C25H32ClNO2S. The van der Waals surface area contributed by atoms with Crippen LogP contribution in [0.4, 0.5) is 0 Å². The lowest BCUT2D eigenvalue weighted by molar-refractivity contribution is 0.569. The van der Waals surface area contributed by atoms with Crippen LogP contribution in [-0.2, 0) is 16.4 Å². The van der Waals surface area contributed by atoms with Crippen molar-refractivity contribution in [3.8, 4) is 0 Å². The quantitative estimate of drug-likeness (QED) is 0.286. The van der Waals surface area contributed by atoms with E-state index in [-0.39, 0.29) is 0 Å². The summed E-state index contributed by atoms with van der Waals surface area (Å²) in [6, 6.07) is 14.4. The van der Waals surface area contributed by atoms with E-state index in [0.29, 0.717) is 15.4 Å². The van der Waals surface area contributed by atoms with Crippen LogP contribution in [0, 0.1) is 6.92 Å². The van der Waals surface area contributed by atoms with E-state index >= 15 is 0 Å². The fraction of sp³-hybridized carbons (Fsp3) is 0.440. The van der Waals surface area contributed by atoms with Gasteiger partial charge in [-0.1, -0.05) is 87.2 Å². The molecule has 0 amide bonds. The average molecular weight is 446 g/mol. The molecule has 5 heteroatoms. The van der Waals surface area contributed by atoms with E-state index in [1.807, 2.05) is 43.3 Å². The summed E-state index contributed by atoms with van der Waals surface area (Å²) < 4.78 is 28.5. The third kappa shape index (κ3) is 5.28. The van der Waals surface area contributed by atoms with Crippen LogP contribution in [-0.4, -0.2) is 12.4 Å². The Morgan fingerprint density at radius 3 is 2.17 bits per heavy atom. The number of hydrogen-bond acceptors (Lipinski definition) is 2. The molecule has 3 rings (SSSR count). The van der Waals surface area contributed by atoms with Crippen LogP contribution < -0.4 is 0 Å². The Labute approximate surface area is 186 Å². The van der Waals surface area contributed by atoms with Gasteiger partial charge in [0.15, 0.2) is 0 Å². The molecule has 0 fully saturated rings. The zero-order valence-corrected chi connectivity index (χ0v) is 19.6. The molecule has 0 bridgehead atoms. The lowest BCUT2D eigenvalue weighted by atomic mass is 10.1. The summed E-state index contributed by atoms with van der Waals surface area (Å²) >= 11 is 6.40. The van der Waals surface area contributed by atoms with E-state index in [1.165, 1.54) is 42.5 Å². The van der Waals surface area contributed by atoms with Crippen LogP contribution in [0.2, 0.25) is 5.02 Å². The second-order valence-electron chi connectivity index (χ2n) is 8.12. The van der Waals surface area contributed by atoms with Gasteiger partial charge in [-0.05, 0) is 50.1 Å². The van der Waals surface area contributed by atoms with E-state index < -0.39 is 10.0 Å². The van der Waals surface area contributed by atoms with Gasteiger partial charge >= 0.3 is 0 Å². The molecule has 0 aliphatic heterocycles. The Kier molecular flexibility index (Phi) is 8.01. The number of aryl methyl sites for hydroxylation is 2. The first-order valence-corrected chi connectivity index (χ1v) is 12.9. The van der Waals surface area contributed by atoms with Gasteiger partial charge in [0.05, 0.1) is 10.4 Å². The van der Waals surface area contributed by atoms with E-state index in [0.717, 1.165) is 35.9 Å². The molecule has 0 saturated heterocycles. The van der Waals surface area contributed by atoms with Crippen molar-refractivity contribution < 1.29 is 8.42 Å². The molecule has 0 aliphatic carbocycles. The molecule has 30 heavy (non-hydrogen) atoms. The number of nitrogens with zero attached hydrogens (tertiary/aromatic N) is 1. The number of unbranched alkanes of at least 4 members (excludes halogenated alkanes) is 7. The maximum Gasteiger partial charge on any atom is 0.268 e. The fourth-order valence-electron chi connectivity index (χ4n) is 3.94. The number of benzene rings is 2. The lowest BCUT2D eigenvalue weighted by Gasteiger charge is -2.12. The topological polar surface area (TPSA) is 39.1 Å². The van der Waals surface area contributed by atoms with Gasteiger partial charge in [0.2, 0.25) is 0 Å². The van der Waals surface area contributed by atoms with E-state index in [9.17, 15) is 8.42 Å². The zero-order valence-electron chi connectivity index (χ0n) is 18.0. The van der Waals surface area contributed by atoms with Gasteiger partial charge in [0.1, 0.15) is 0 Å². The summed E-state index contributed by atoms with van der Waals surface area (Å²) in [5, 5.41) is 1.38. The number of aromatic nitrogens is 1. The highest BCUT2D eigenvalue weighted by atomic mass is 35.5. The average Bonchev–Trinajstić information content (AvgIpc) is 3.11. The third-order valence-electron chi connectivity index (χ3n) is 5.67. The highest BCUT2D eigenvalue weighted by molar-refractivity contribution is 7.90. The van der Waals surface area contributed by atoms with Gasteiger partial charge < -0.3 is 0 Å². The second-order valence-corrected chi connectivity index (χ2v) is 10.3. The smallest absolute Gasteiger partial charge is 0.238 e. The van der Waals surface area contributed by atoms with Crippen LogP contribution in [0.5, 0.6) is 0 Å². The van der Waals surface area contributed by atoms with Crippen LogP contribution in [0.15, 0.2) is 53.4 Å². The molecule has 0 radical (unpaired) electrons. The minimum atomic E-state index is -3.69. The Balaban J connectivity index is 1.82. The summed E-state index contributed by atoms with van der Waals surface area (Å²) in [7, 11) is -3.69. The Hall–Kier alpha value is -1.78. The van der Waals surface area contributed by atoms with Crippen molar-refractivity contribution in [1.29, 1.82) is 0 Å². The van der Waals surface area contributed by atoms with Gasteiger partial charge in [0, 0.05) is 16.1 Å². The Bertz CT molecular complexity index is 1070. The maximum atomic E-state index is 13.5. The molecule has 2 aromatic carbocycles. The molecule has 0 atom stereocenters. The van der Waals surface area contributed by atoms with E-state index in [4.69, 9.17) is 11.6 Å². The first-order chi connectivity index (χ1) is 14.4.